The predicted molar refractivity (Wildman–Crippen MR) is 63.0 cm³/mol. The number of nitrogens with two attached hydrogens (primary N) is 2. The van der Waals surface area contributed by atoms with Crippen molar-refractivity contribution < 1.29 is 14.3 Å². The molecule has 0 bridgehead atoms. The minimum atomic E-state index is -0.648. The van der Waals surface area contributed by atoms with Crippen molar-refractivity contribution in [1.29, 1.82) is 0 Å². The molecule has 0 spiro atoms. The van der Waals surface area contributed by atoms with Crippen molar-refractivity contribution in [2.45, 2.75) is 38.3 Å². The van der Waals surface area contributed by atoms with Gasteiger partial charge < -0.3 is 21.1 Å². The fourth-order valence-electron chi connectivity index (χ4n) is 1.95. The summed E-state index contributed by atoms with van der Waals surface area (Å²) in [7, 11) is 0. The van der Waals surface area contributed by atoms with Crippen molar-refractivity contribution >= 4 is 11.8 Å². The first-order valence-electron chi connectivity index (χ1n) is 5.98. The molecule has 2 amide bonds. The number of rotatable bonds is 5. The topological polar surface area (TPSA) is 98.7 Å². The first kappa shape index (κ1) is 13.9. The number of carbonyl (C=O) groups is 2. The normalized spacial score (nSPS) is 22.2. The van der Waals surface area contributed by atoms with Crippen LogP contribution in [-0.4, -0.2) is 48.6 Å². The number of carbonyl (C=O) groups excluding carboxylic acids is 2. The molecule has 0 aromatic heterocycles. The maximum Gasteiger partial charge on any atom is 0.242 e. The molecule has 0 aromatic carbocycles. The van der Waals surface area contributed by atoms with Crippen molar-refractivity contribution in [2.24, 2.45) is 11.5 Å². The fourth-order valence-corrected chi connectivity index (χ4v) is 1.95. The van der Waals surface area contributed by atoms with Crippen LogP contribution in [0.4, 0.5) is 0 Å². The molecule has 0 aliphatic carbocycles. The van der Waals surface area contributed by atoms with Gasteiger partial charge in [0, 0.05) is 19.0 Å². The molecule has 1 saturated heterocycles. The van der Waals surface area contributed by atoms with Crippen LogP contribution >= 0.6 is 0 Å². The van der Waals surface area contributed by atoms with Gasteiger partial charge in [-0.25, -0.2) is 0 Å². The molecule has 98 valence electrons. The van der Waals surface area contributed by atoms with E-state index >= 15 is 0 Å². The molecule has 0 radical (unpaired) electrons. The van der Waals surface area contributed by atoms with Gasteiger partial charge in [0.05, 0.1) is 13.2 Å². The average molecular weight is 243 g/mol. The zero-order valence-electron chi connectivity index (χ0n) is 10.2. The third-order valence-electron chi connectivity index (χ3n) is 2.87. The molecule has 6 heteroatoms. The highest BCUT2D eigenvalue weighted by atomic mass is 16.5. The van der Waals surface area contributed by atoms with Gasteiger partial charge in [-0.1, -0.05) is 13.3 Å². The summed E-state index contributed by atoms with van der Waals surface area (Å²) in [4.78, 5) is 24.7. The van der Waals surface area contributed by atoms with E-state index in [1.54, 1.807) is 0 Å². The maximum atomic E-state index is 12.0. The average Bonchev–Trinajstić information content (AvgIpc) is 2.29. The number of morpholine rings is 1. The third kappa shape index (κ3) is 3.98. The summed E-state index contributed by atoms with van der Waals surface area (Å²) < 4.78 is 5.15. The molecule has 1 rings (SSSR count). The molecule has 1 fully saturated rings. The van der Waals surface area contributed by atoms with E-state index in [1.165, 1.54) is 4.90 Å². The summed E-state index contributed by atoms with van der Waals surface area (Å²) in [6, 6.07) is -0.797. The fraction of sp³-hybridized carbons (Fsp3) is 0.818. The Balaban J connectivity index is 2.56. The van der Waals surface area contributed by atoms with Crippen LogP contribution in [0.3, 0.4) is 0 Å². The minimum absolute atomic E-state index is 0.113. The highest BCUT2D eigenvalue weighted by molar-refractivity contribution is 5.87. The van der Waals surface area contributed by atoms with Crippen LogP contribution in [0.1, 0.15) is 26.2 Å². The van der Waals surface area contributed by atoms with Gasteiger partial charge in [-0.05, 0) is 6.42 Å². The van der Waals surface area contributed by atoms with Crippen LogP contribution in [0.5, 0.6) is 0 Å². The Kier molecular flexibility index (Phi) is 5.37. The predicted octanol–water partition coefficient (Wildman–Crippen LogP) is -0.783. The number of nitrogens with zero attached hydrogens (tertiary/aromatic N) is 1. The molecule has 1 aliphatic heterocycles. The van der Waals surface area contributed by atoms with E-state index < -0.39 is 11.9 Å². The highest BCUT2D eigenvalue weighted by Crippen LogP contribution is 2.10. The summed E-state index contributed by atoms with van der Waals surface area (Å²) in [5.41, 5.74) is 11.1. The summed E-state index contributed by atoms with van der Waals surface area (Å²) >= 11 is 0. The van der Waals surface area contributed by atoms with E-state index in [1.807, 2.05) is 6.92 Å². The lowest BCUT2D eigenvalue weighted by atomic mass is 10.1. The Bertz CT molecular complexity index is 283. The van der Waals surface area contributed by atoms with E-state index in [0.29, 0.717) is 13.2 Å². The van der Waals surface area contributed by atoms with E-state index in [-0.39, 0.29) is 25.0 Å². The van der Waals surface area contributed by atoms with Crippen molar-refractivity contribution in [1.82, 2.24) is 4.90 Å². The lowest BCUT2D eigenvalue weighted by Gasteiger charge is -2.34. The molecule has 6 nitrogen and oxygen atoms in total. The lowest BCUT2D eigenvalue weighted by Crippen LogP contribution is -2.55. The lowest BCUT2D eigenvalue weighted by molar-refractivity contribution is -0.147. The van der Waals surface area contributed by atoms with Gasteiger partial charge in [-0.3, -0.25) is 9.59 Å². The molecule has 4 N–H and O–H groups in total. The summed E-state index contributed by atoms with van der Waals surface area (Å²) in [6.45, 7) is 3.05. The number of amides is 2. The van der Waals surface area contributed by atoms with Gasteiger partial charge in [0.1, 0.15) is 6.04 Å². The van der Waals surface area contributed by atoms with Crippen molar-refractivity contribution in [3.05, 3.63) is 0 Å². The number of primary amides is 1. The van der Waals surface area contributed by atoms with Gasteiger partial charge in [-0.15, -0.1) is 0 Å². The number of hydrogen-bond acceptors (Lipinski definition) is 4. The standard InChI is InChI=1S/C11H21N3O3/c1-2-3-8(12)6-10(15)14-4-5-17-7-9(14)11(13)16/h8-9H,2-7,12H2,1H3,(H2,13,16). The Morgan fingerprint density at radius 3 is 2.82 bits per heavy atom. The molecule has 2 atom stereocenters. The van der Waals surface area contributed by atoms with E-state index in [9.17, 15) is 9.59 Å². The first-order chi connectivity index (χ1) is 8.06. The second-order valence-corrected chi connectivity index (χ2v) is 4.33. The smallest absolute Gasteiger partial charge is 0.242 e. The largest absolute Gasteiger partial charge is 0.377 e. The van der Waals surface area contributed by atoms with Crippen LogP contribution < -0.4 is 11.5 Å². The molecule has 2 unspecified atom stereocenters. The van der Waals surface area contributed by atoms with Crippen LogP contribution in [0, 0.1) is 0 Å². The Hall–Kier alpha value is -1.14. The molecule has 1 aliphatic rings. The van der Waals surface area contributed by atoms with E-state index in [0.717, 1.165) is 12.8 Å². The molecular formula is C11H21N3O3. The van der Waals surface area contributed by atoms with Gasteiger partial charge in [-0.2, -0.15) is 0 Å². The summed E-state index contributed by atoms with van der Waals surface area (Å²) in [6.07, 6.45) is 2.01. The number of hydrogen-bond donors (Lipinski definition) is 2. The minimum Gasteiger partial charge on any atom is -0.377 e. The van der Waals surface area contributed by atoms with Crippen molar-refractivity contribution in [3.8, 4) is 0 Å². The SMILES string of the molecule is CCCC(N)CC(=O)N1CCOCC1C(N)=O. The summed E-state index contributed by atoms with van der Waals surface area (Å²) in [5, 5.41) is 0. The quantitative estimate of drug-likeness (QED) is 0.661. The number of ether oxygens (including phenoxy) is 1. The van der Waals surface area contributed by atoms with Gasteiger partial charge in [0.2, 0.25) is 11.8 Å². The van der Waals surface area contributed by atoms with Crippen LogP contribution in [-0.2, 0) is 14.3 Å². The Morgan fingerprint density at radius 2 is 2.24 bits per heavy atom. The molecule has 0 saturated carbocycles. The highest BCUT2D eigenvalue weighted by Gasteiger charge is 2.31. The van der Waals surface area contributed by atoms with Crippen molar-refractivity contribution in [3.63, 3.8) is 0 Å². The molecule has 0 aromatic rings. The van der Waals surface area contributed by atoms with Gasteiger partial charge >= 0.3 is 0 Å². The second kappa shape index (κ2) is 6.56. The van der Waals surface area contributed by atoms with Crippen LogP contribution in [0.25, 0.3) is 0 Å². The maximum absolute atomic E-state index is 12.0. The third-order valence-corrected chi connectivity index (χ3v) is 2.87. The van der Waals surface area contributed by atoms with Gasteiger partial charge in [0.25, 0.3) is 0 Å². The first-order valence-corrected chi connectivity index (χ1v) is 5.98. The Morgan fingerprint density at radius 1 is 1.53 bits per heavy atom. The molecule has 1 heterocycles. The Labute approximate surface area is 101 Å². The van der Waals surface area contributed by atoms with Crippen LogP contribution in [0.2, 0.25) is 0 Å². The monoisotopic (exact) mass is 243 g/mol. The molecule has 17 heavy (non-hydrogen) atoms. The summed E-state index contributed by atoms with van der Waals surface area (Å²) in [5.74, 6) is -0.639. The zero-order chi connectivity index (χ0) is 12.8. The second-order valence-electron chi connectivity index (χ2n) is 4.33. The zero-order valence-corrected chi connectivity index (χ0v) is 10.2. The van der Waals surface area contributed by atoms with Gasteiger partial charge in [0.15, 0.2) is 0 Å². The van der Waals surface area contributed by atoms with E-state index in [2.05, 4.69) is 0 Å². The van der Waals surface area contributed by atoms with Crippen LogP contribution in [0.15, 0.2) is 0 Å². The molecular weight excluding hydrogens is 222 g/mol. The van der Waals surface area contributed by atoms with E-state index in [4.69, 9.17) is 16.2 Å². The van der Waals surface area contributed by atoms with Crippen molar-refractivity contribution in [2.75, 3.05) is 19.8 Å².